The summed E-state index contributed by atoms with van der Waals surface area (Å²) in [7, 11) is 1.61. The van der Waals surface area contributed by atoms with E-state index in [2.05, 4.69) is 5.32 Å². The third-order valence-corrected chi connectivity index (χ3v) is 3.48. The maximum absolute atomic E-state index is 12.3. The third-order valence-electron chi connectivity index (χ3n) is 3.48. The number of methoxy groups -OCH3 is 1. The monoisotopic (exact) mass is 326 g/mol. The molecule has 0 spiro atoms. The minimum absolute atomic E-state index is 0.0868. The largest absolute Gasteiger partial charge is 0.496 e. The zero-order valence-corrected chi connectivity index (χ0v) is 13.7. The average molecular weight is 326 g/mol. The van der Waals surface area contributed by atoms with Gasteiger partial charge in [0.1, 0.15) is 5.75 Å². The molecule has 24 heavy (non-hydrogen) atoms. The number of aliphatic hydroxyl groups is 1. The molecule has 5 nitrogen and oxygen atoms in total. The molecule has 0 heterocycles. The Balaban J connectivity index is 1.98. The van der Waals surface area contributed by atoms with E-state index in [1.807, 2.05) is 54.6 Å². The molecule has 0 unspecified atom stereocenters. The van der Waals surface area contributed by atoms with Crippen LogP contribution < -0.4 is 10.1 Å². The van der Waals surface area contributed by atoms with E-state index in [0.29, 0.717) is 6.54 Å². The molecule has 2 rings (SSSR count). The third kappa shape index (κ3) is 5.14. The second-order valence-electron chi connectivity index (χ2n) is 5.16. The fourth-order valence-electron chi connectivity index (χ4n) is 2.28. The van der Waals surface area contributed by atoms with E-state index in [1.54, 1.807) is 24.3 Å². The highest BCUT2D eigenvalue weighted by atomic mass is 16.5. The number of hydrogen-bond acceptors (Lipinski definition) is 3. The number of hydrogen-bond donors (Lipinski definition) is 2. The first-order chi connectivity index (χ1) is 11.7. The van der Waals surface area contributed by atoms with E-state index in [1.165, 1.54) is 0 Å². The molecule has 5 heteroatoms. The molecular weight excluding hydrogens is 304 g/mol. The Morgan fingerprint density at radius 1 is 1.17 bits per heavy atom. The van der Waals surface area contributed by atoms with E-state index in [-0.39, 0.29) is 19.2 Å². The Morgan fingerprint density at radius 3 is 2.58 bits per heavy atom. The number of benzene rings is 2. The lowest BCUT2D eigenvalue weighted by molar-refractivity contribution is 0.177. The zero-order chi connectivity index (χ0) is 17.2. The number of carbonyl (C=O) groups excluding carboxylic acids is 1. The molecule has 0 aliphatic rings. The molecule has 0 aliphatic carbocycles. The summed E-state index contributed by atoms with van der Waals surface area (Å²) in [6, 6.07) is 16.9. The van der Waals surface area contributed by atoms with Crippen LogP contribution in [0.15, 0.2) is 60.8 Å². The molecule has 2 N–H and O–H groups in total. The van der Waals surface area contributed by atoms with Crippen molar-refractivity contribution in [2.24, 2.45) is 0 Å². The van der Waals surface area contributed by atoms with Gasteiger partial charge in [-0.3, -0.25) is 0 Å². The first kappa shape index (κ1) is 17.6. The molecule has 2 aromatic rings. The Hall–Kier alpha value is -2.79. The first-order valence-corrected chi connectivity index (χ1v) is 7.74. The van der Waals surface area contributed by atoms with E-state index in [0.717, 1.165) is 16.9 Å². The lowest BCUT2D eigenvalue weighted by Gasteiger charge is -2.21. The van der Waals surface area contributed by atoms with Crippen LogP contribution in [0, 0.1) is 0 Å². The normalized spacial score (nSPS) is 10.6. The van der Waals surface area contributed by atoms with Crippen molar-refractivity contribution in [2.45, 2.75) is 6.54 Å². The highest BCUT2D eigenvalue weighted by molar-refractivity contribution is 5.76. The number of carbonyl (C=O) groups is 1. The predicted molar refractivity (Wildman–Crippen MR) is 94.5 cm³/mol. The van der Waals surface area contributed by atoms with Crippen LogP contribution in [-0.2, 0) is 6.54 Å². The van der Waals surface area contributed by atoms with E-state index in [4.69, 9.17) is 4.74 Å². The van der Waals surface area contributed by atoms with Gasteiger partial charge in [-0.2, -0.15) is 0 Å². The van der Waals surface area contributed by atoms with Gasteiger partial charge in [-0.05, 0) is 17.7 Å². The minimum Gasteiger partial charge on any atom is -0.496 e. The summed E-state index contributed by atoms with van der Waals surface area (Å²) in [6.07, 6.45) is 3.35. The molecule has 0 aliphatic heterocycles. The fraction of sp³-hybridized carbons (Fsp3) is 0.211. The molecule has 0 fully saturated rings. The molecule has 0 aromatic heterocycles. The first-order valence-electron chi connectivity index (χ1n) is 7.74. The molecule has 126 valence electrons. The second kappa shape index (κ2) is 9.37. The van der Waals surface area contributed by atoms with Crippen molar-refractivity contribution >= 4 is 12.1 Å². The Labute approximate surface area is 142 Å². The van der Waals surface area contributed by atoms with Gasteiger partial charge in [-0.1, -0.05) is 48.5 Å². The van der Waals surface area contributed by atoms with Crippen LogP contribution in [0.5, 0.6) is 5.75 Å². The number of urea groups is 1. The summed E-state index contributed by atoms with van der Waals surface area (Å²) < 4.78 is 5.26. The summed E-state index contributed by atoms with van der Waals surface area (Å²) in [6.45, 7) is 0.620. The van der Waals surface area contributed by atoms with Crippen LogP contribution in [0.4, 0.5) is 4.79 Å². The highest BCUT2D eigenvalue weighted by Crippen LogP contribution is 2.18. The van der Waals surface area contributed by atoms with E-state index in [9.17, 15) is 9.90 Å². The highest BCUT2D eigenvalue weighted by Gasteiger charge is 2.11. The number of amides is 2. The standard InChI is InChI=1S/C19H22N2O3/c1-24-18-10-6-5-9-17(18)11-12-20-19(23)21(13-14-22)15-16-7-3-2-4-8-16/h2-12,22H,13-15H2,1H3,(H,20,23)/b12-11+. The number of para-hydroxylation sites is 1. The van der Waals surface area contributed by atoms with Gasteiger partial charge in [-0.25, -0.2) is 4.79 Å². The van der Waals surface area contributed by atoms with Gasteiger partial charge in [0.05, 0.1) is 13.7 Å². The van der Waals surface area contributed by atoms with Gasteiger partial charge in [0.2, 0.25) is 0 Å². The number of aliphatic hydroxyl groups excluding tert-OH is 1. The Morgan fingerprint density at radius 2 is 1.88 bits per heavy atom. The number of nitrogens with zero attached hydrogens (tertiary/aromatic N) is 1. The van der Waals surface area contributed by atoms with Gasteiger partial charge in [0.25, 0.3) is 0 Å². The molecular formula is C19H22N2O3. The van der Waals surface area contributed by atoms with Crippen molar-refractivity contribution < 1.29 is 14.6 Å². The second-order valence-corrected chi connectivity index (χ2v) is 5.16. The molecule has 0 bridgehead atoms. The topological polar surface area (TPSA) is 61.8 Å². The quantitative estimate of drug-likeness (QED) is 0.822. The van der Waals surface area contributed by atoms with Crippen molar-refractivity contribution in [3.8, 4) is 5.75 Å². The predicted octanol–water partition coefficient (Wildman–Crippen LogP) is 2.87. The van der Waals surface area contributed by atoms with Crippen LogP contribution in [0.3, 0.4) is 0 Å². The molecule has 2 amide bonds. The molecule has 0 saturated carbocycles. The summed E-state index contributed by atoms with van der Waals surface area (Å²) in [4.78, 5) is 13.9. The van der Waals surface area contributed by atoms with Crippen LogP contribution in [0.25, 0.3) is 6.08 Å². The van der Waals surface area contributed by atoms with Crippen LogP contribution >= 0.6 is 0 Å². The summed E-state index contributed by atoms with van der Waals surface area (Å²) in [5.41, 5.74) is 1.88. The molecule has 0 saturated heterocycles. The minimum atomic E-state index is -0.265. The maximum Gasteiger partial charge on any atom is 0.321 e. The summed E-state index contributed by atoms with van der Waals surface area (Å²) in [5.74, 6) is 0.736. The number of nitrogens with one attached hydrogen (secondary N) is 1. The van der Waals surface area contributed by atoms with Crippen molar-refractivity contribution in [3.63, 3.8) is 0 Å². The lowest BCUT2D eigenvalue weighted by atomic mass is 10.2. The maximum atomic E-state index is 12.3. The summed E-state index contributed by atoms with van der Waals surface area (Å²) >= 11 is 0. The Kier molecular flexibility index (Phi) is 6.86. The zero-order valence-electron chi connectivity index (χ0n) is 13.7. The molecule has 0 atom stereocenters. The van der Waals surface area contributed by atoms with Crippen molar-refractivity contribution in [1.82, 2.24) is 10.2 Å². The van der Waals surface area contributed by atoms with Crippen LogP contribution in [0.1, 0.15) is 11.1 Å². The van der Waals surface area contributed by atoms with Crippen molar-refractivity contribution in [1.29, 1.82) is 0 Å². The van der Waals surface area contributed by atoms with Gasteiger partial charge < -0.3 is 20.1 Å². The number of rotatable bonds is 7. The number of ether oxygens (including phenoxy) is 1. The van der Waals surface area contributed by atoms with Gasteiger partial charge in [0.15, 0.2) is 0 Å². The lowest BCUT2D eigenvalue weighted by Crippen LogP contribution is -2.38. The van der Waals surface area contributed by atoms with Gasteiger partial charge in [-0.15, -0.1) is 0 Å². The Bertz CT molecular complexity index is 671. The van der Waals surface area contributed by atoms with E-state index >= 15 is 0 Å². The summed E-state index contributed by atoms with van der Waals surface area (Å²) in [5, 5.41) is 11.9. The van der Waals surface area contributed by atoms with Gasteiger partial charge in [0, 0.05) is 24.9 Å². The SMILES string of the molecule is COc1ccccc1/C=C/NC(=O)N(CCO)Cc1ccccc1. The van der Waals surface area contributed by atoms with Gasteiger partial charge >= 0.3 is 6.03 Å². The smallest absolute Gasteiger partial charge is 0.321 e. The van der Waals surface area contributed by atoms with Crippen LogP contribution in [0.2, 0.25) is 0 Å². The van der Waals surface area contributed by atoms with Crippen LogP contribution in [-0.4, -0.2) is 36.3 Å². The molecule has 0 radical (unpaired) electrons. The average Bonchev–Trinajstić information content (AvgIpc) is 2.62. The van der Waals surface area contributed by atoms with Crippen molar-refractivity contribution in [3.05, 3.63) is 71.9 Å². The van der Waals surface area contributed by atoms with Crippen molar-refractivity contribution in [2.75, 3.05) is 20.3 Å². The molecule has 2 aromatic carbocycles. The fourth-order valence-corrected chi connectivity index (χ4v) is 2.28. The van der Waals surface area contributed by atoms with E-state index < -0.39 is 0 Å².